The molecule has 132 valence electrons. The first-order valence-electron chi connectivity index (χ1n) is 8.70. The van der Waals surface area contributed by atoms with Gasteiger partial charge in [0.2, 0.25) is 0 Å². The zero-order valence-corrected chi connectivity index (χ0v) is 13.6. The molecule has 3 fully saturated rings. The van der Waals surface area contributed by atoms with Crippen LogP contribution in [0.25, 0.3) is 5.65 Å². The minimum absolute atomic E-state index is 0.0659. The van der Waals surface area contributed by atoms with Crippen LogP contribution in [0.15, 0.2) is 12.3 Å². The molecular weight excluding hydrogens is 330 g/mol. The van der Waals surface area contributed by atoms with E-state index in [0.29, 0.717) is 24.5 Å². The number of rotatable bonds is 5. The summed E-state index contributed by atoms with van der Waals surface area (Å²) in [4.78, 5) is 19.5. The second kappa shape index (κ2) is 5.45. The molecule has 0 bridgehead atoms. The molecule has 1 saturated heterocycles. The first-order chi connectivity index (χ1) is 12.1. The van der Waals surface area contributed by atoms with Gasteiger partial charge in [0, 0.05) is 17.7 Å². The summed E-state index contributed by atoms with van der Waals surface area (Å²) in [6, 6.07) is 1.71. The highest BCUT2D eigenvalue weighted by molar-refractivity contribution is 6.00. The Hall–Kier alpha value is -2.09. The monoisotopic (exact) mass is 348 g/mol. The molecule has 1 amide bonds. The van der Waals surface area contributed by atoms with Gasteiger partial charge in [-0.1, -0.05) is 0 Å². The van der Waals surface area contributed by atoms with Crippen LogP contribution in [0.5, 0.6) is 0 Å². The number of amides is 1. The van der Waals surface area contributed by atoms with Gasteiger partial charge in [0.25, 0.3) is 12.3 Å². The summed E-state index contributed by atoms with van der Waals surface area (Å²) < 4.78 is 33.3. The maximum atomic E-state index is 13.5. The molecule has 2 aromatic heterocycles. The van der Waals surface area contributed by atoms with Gasteiger partial charge < -0.3 is 9.64 Å². The fourth-order valence-corrected chi connectivity index (χ4v) is 3.41. The van der Waals surface area contributed by atoms with Crippen molar-refractivity contribution in [1.82, 2.24) is 19.5 Å². The SMILES string of the molecule is O=C(c1cnn2c(C(F)F)cc(C3CC3)nc12)N(C1CC1)C1COC1. The van der Waals surface area contributed by atoms with Gasteiger partial charge in [-0.2, -0.15) is 5.10 Å². The predicted molar refractivity (Wildman–Crippen MR) is 83.7 cm³/mol. The van der Waals surface area contributed by atoms with Gasteiger partial charge in [-0.15, -0.1) is 0 Å². The number of carbonyl (C=O) groups excluding carboxylic acids is 1. The molecule has 0 aromatic carbocycles. The van der Waals surface area contributed by atoms with Crippen molar-refractivity contribution >= 4 is 11.6 Å². The summed E-state index contributed by atoms with van der Waals surface area (Å²) in [5.74, 6) is 0.0476. The van der Waals surface area contributed by atoms with Crippen molar-refractivity contribution in [2.24, 2.45) is 0 Å². The second-order valence-corrected chi connectivity index (χ2v) is 7.11. The number of carbonyl (C=O) groups is 1. The Morgan fingerprint density at radius 2 is 2.00 bits per heavy atom. The Bertz CT molecular complexity index is 841. The van der Waals surface area contributed by atoms with Crippen LogP contribution < -0.4 is 0 Å². The lowest BCUT2D eigenvalue weighted by Gasteiger charge is -2.37. The van der Waals surface area contributed by atoms with Gasteiger partial charge in [-0.05, 0) is 31.7 Å². The third-order valence-electron chi connectivity index (χ3n) is 5.16. The van der Waals surface area contributed by atoms with Crippen LogP contribution in [-0.2, 0) is 4.74 Å². The predicted octanol–water partition coefficient (Wildman–Crippen LogP) is 2.55. The maximum Gasteiger partial charge on any atom is 0.280 e. The summed E-state index contributed by atoms with van der Waals surface area (Å²) in [6.07, 6.45) is 2.58. The number of ether oxygens (including phenoxy) is 1. The molecule has 6 nitrogen and oxygen atoms in total. The summed E-state index contributed by atoms with van der Waals surface area (Å²) in [5, 5.41) is 4.04. The molecule has 8 heteroatoms. The summed E-state index contributed by atoms with van der Waals surface area (Å²) in [6.45, 7) is 1.06. The number of hydrogen-bond acceptors (Lipinski definition) is 4. The van der Waals surface area contributed by atoms with Gasteiger partial charge >= 0.3 is 0 Å². The largest absolute Gasteiger partial charge is 0.377 e. The number of alkyl halides is 2. The van der Waals surface area contributed by atoms with Crippen molar-refractivity contribution in [2.75, 3.05) is 13.2 Å². The van der Waals surface area contributed by atoms with Gasteiger partial charge in [-0.25, -0.2) is 18.3 Å². The van der Waals surface area contributed by atoms with E-state index in [4.69, 9.17) is 4.74 Å². The van der Waals surface area contributed by atoms with E-state index in [2.05, 4.69) is 10.1 Å². The molecule has 2 saturated carbocycles. The molecular formula is C17H18F2N4O2. The van der Waals surface area contributed by atoms with Crippen molar-refractivity contribution in [3.63, 3.8) is 0 Å². The average molecular weight is 348 g/mol. The molecule has 5 rings (SSSR count). The van der Waals surface area contributed by atoms with Crippen molar-refractivity contribution in [3.05, 3.63) is 29.2 Å². The molecule has 0 unspecified atom stereocenters. The zero-order valence-electron chi connectivity index (χ0n) is 13.6. The fraction of sp³-hybridized carbons (Fsp3) is 0.588. The van der Waals surface area contributed by atoms with Crippen molar-refractivity contribution in [3.8, 4) is 0 Å². The lowest BCUT2D eigenvalue weighted by Crippen LogP contribution is -2.52. The fourth-order valence-electron chi connectivity index (χ4n) is 3.41. The number of nitrogens with zero attached hydrogens (tertiary/aromatic N) is 4. The Labute approximate surface area is 142 Å². The number of fused-ring (bicyclic) bond motifs is 1. The molecule has 2 aromatic rings. The third-order valence-corrected chi connectivity index (χ3v) is 5.16. The van der Waals surface area contributed by atoms with Crippen molar-refractivity contribution in [1.29, 1.82) is 0 Å². The zero-order chi connectivity index (χ0) is 17.1. The molecule has 0 atom stereocenters. The average Bonchev–Trinajstić information content (AvgIpc) is 3.45. The van der Waals surface area contributed by atoms with Gasteiger partial charge in [0.1, 0.15) is 11.3 Å². The third kappa shape index (κ3) is 2.50. The Kier molecular flexibility index (Phi) is 3.31. The van der Waals surface area contributed by atoms with E-state index >= 15 is 0 Å². The van der Waals surface area contributed by atoms with Crippen LogP contribution in [0, 0.1) is 0 Å². The molecule has 0 N–H and O–H groups in total. The Morgan fingerprint density at radius 3 is 2.56 bits per heavy atom. The molecule has 3 aliphatic rings. The minimum atomic E-state index is -2.66. The molecule has 3 heterocycles. The van der Waals surface area contributed by atoms with Gasteiger partial charge in [0.05, 0.1) is 25.5 Å². The molecule has 25 heavy (non-hydrogen) atoms. The normalized spacial score (nSPS) is 20.9. The number of hydrogen-bond donors (Lipinski definition) is 0. The number of aromatic nitrogens is 3. The summed E-state index contributed by atoms with van der Waals surface area (Å²) in [5.41, 5.74) is 0.997. The van der Waals surface area contributed by atoms with E-state index in [-0.39, 0.29) is 35.2 Å². The van der Waals surface area contributed by atoms with Crippen molar-refractivity contribution < 1.29 is 18.3 Å². The molecule has 1 aliphatic heterocycles. The highest BCUT2D eigenvalue weighted by Gasteiger charge is 2.42. The van der Waals surface area contributed by atoms with Crippen LogP contribution in [0.4, 0.5) is 8.78 Å². The van der Waals surface area contributed by atoms with Crippen LogP contribution in [0.3, 0.4) is 0 Å². The van der Waals surface area contributed by atoms with Crippen LogP contribution in [0.1, 0.15) is 59.8 Å². The first kappa shape index (κ1) is 15.2. The standard InChI is InChI=1S/C17H18F2N4O2/c18-15(19)14-5-13(9-1-2-9)21-16-12(6-20-23(14)16)17(24)22(10-3-4-10)11-7-25-8-11/h5-6,9-11,15H,1-4,7-8H2. The Morgan fingerprint density at radius 1 is 1.24 bits per heavy atom. The van der Waals surface area contributed by atoms with E-state index in [1.165, 1.54) is 12.3 Å². The molecule has 2 aliphatic carbocycles. The van der Waals surface area contributed by atoms with Crippen LogP contribution >= 0.6 is 0 Å². The van der Waals surface area contributed by atoms with E-state index in [0.717, 1.165) is 30.2 Å². The highest BCUT2D eigenvalue weighted by atomic mass is 19.3. The Balaban J connectivity index is 1.59. The minimum Gasteiger partial charge on any atom is -0.377 e. The van der Waals surface area contributed by atoms with E-state index < -0.39 is 6.43 Å². The maximum absolute atomic E-state index is 13.5. The smallest absolute Gasteiger partial charge is 0.280 e. The second-order valence-electron chi connectivity index (χ2n) is 7.11. The van der Waals surface area contributed by atoms with Crippen LogP contribution in [-0.4, -0.2) is 50.7 Å². The molecule has 0 spiro atoms. The molecule has 0 radical (unpaired) electrons. The quantitative estimate of drug-likeness (QED) is 0.833. The van der Waals surface area contributed by atoms with Crippen molar-refractivity contribution in [2.45, 2.75) is 50.1 Å². The first-order valence-corrected chi connectivity index (χ1v) is 8.70. The lowest BCUT2D eigenvalue weighted by atomic mass is 10.1. The summed E-state index contributed by atoms with van der Waals surface area (Å²) >= 11 is 0. The van der Waals surface area contributed by atoms with Gasteiger partial charge in [0.15, 0.2) is 5.65 Å². The topological polar surface area (TPSA) is 59.7 Å². The van der Waals surface area contributed by atoms with E-state index in [1.54, 1.807) is 0 Å². The van der Waals surface area contributed by atoms with E-state index in [9.17, 15) is 13.6 Å². The lowest BCUT2D eigenvalue weighted by molar-refractivity contribution is -0.0565. The van der Waals surface area contributed by atoms with Crippen LogP contribution in [0.2, 0.25) is 0 Å². The number of halogens is 2. The highest BCUT2D eigenvalue weighted by Crippen LogP contribution is 2.40. The summed E-state index contributed by atoms with van der Waals surface area (Å²) in [7, 11) is 0. The van der Waals surface area contributed by atoms with E-state index in [1.807, 2.05) is 4.90 Å². The van der Waals surface area contributed by atoms with Gasteiger partial charge in [-0.3, -0.25) is 4.79 Å².